The van der Waals surface area contributed by atoms with Crippen molar-refractivity contribution in [2.24, 2.45) is 0 Å². The van der Waals surface area contributed by atoms with Crippen molar-refractivity contribution < 1.29 is 14.3 Å². The van der Waals surface area contributed by atoms with E-state index in [-0.39, 0.29) is 18.2 Å². The highest BCUT2D eigenvalue weighted by molar-refractivity contribution is 8.03. The van der Waals surface area contributed by atoms with Crippen LogP contribution in [0.4, 0.5) is 5.69 Å². The predicted octanol–water partition coefficient (Wildman–Crippen LogP) is 6.15. The number of rotatable bonds is 6. The second kappa shape index (κ2) is 10.6. The van der Waals surface area contributed by atoms with Crippen LogP contribution in [0.25, 0.3) is 0 Å². The first-order valence-corrected chi connectivity index (χ1v) is 12.9. The molecule has 0 spiro atoms. The highest BCUT2D eigenvalue weighted by Gasteiger charge is 2.38. The number of carbonyl (C=O) groups excluding carboxylic acids is 1. The summed E-state index contributed by atoms with van der Waals surface area (Å²) < 4.78 is 11.6. The van der Waals surface area contributed by atoms with E-state index >= 15 is 0 Å². The molecule has 182 valence electrons. The van der Waals surface area contributed by atoms with Crippen molar-refractivity contribution in [3.05, 3.63) is 99.5 Å². The molecule has 8 heteroatoms. The molecule has 1 saturated heterocycles. The lowest BCUT2D eigenvalue weighted by Crippen LogP contribution is -2.47. The van der Waals surface area contributed by atoms with Crippen LogP contribution in [-0.4, -0.2) is 30.5 Å². The third kappa shape index (κ3) is 4.88. The van der Waals surface area contributed by atoms with Crippen LogP contribution < -0.4 is 14.4 Å². The minimum Gasteiger partial charge on any atom is -0.493 e. The van der Waals surface area contributed by atoms with E-state index < -0.39 is 0 Å². The Hall–Kier alpha value is -3.60. The normalized spacial score (nSPS) is 17.5. The number of hydrogen-bond acceptors (Lipinski definition) is 6. The van der Waals surface area contributed by atoms with Crippen LogP contribution in [0.5, 0.6) is 11.5 Å². The topological polar surface area (TPSA) is 65.8 Å². The molecule has 1 amide bonds. The molecule has 2 aliphatic rings. The van der Waals surface area contributed by atoms with Crippen molar-refractivity contribution >= 4 is 35.0 Å². The van der Waals surface area contributed by atoms with E-state index in [0.717, 1.165) is 21.8 Å². The smallest absolute Gasteiger partial charge is 0.229 e. The summed E-state index contributed by atoms with van der Waals surface area (Å²) in [6, 6.07) is 25.5. The zero-order chi connectivity index (χ0) is 25.1. The Bertz CT molecular complexity index is 1360. The molecule has 1 atom stereocenters. The number of benzene rings is 3. The molecule has 3 aromatic carbocycles. The van der Waals surface area contributed by atoms with Gasteiger partial charge in [0.2, 0.25) is 5.91 Å². The standard InChI is InChI=1S/C28H24ClN3O3S/c1-34-26-12-20(10-11-25(26)35-16-19-6-3-2-4-7-19)23-14-27(33)32-17-31(18-36-28(32)24(23)15-30)22-9-5-8-21(29)13-22/h2-13,23H,14,16-18H2,1H3/t23-/m0/s1. The summed E-state index contributed by atoms with van der Waals surface area (Å²) in [6.07, 6.45) is 0.212. The van der Waals surface area contributed by atoms with E-state index in [1.54, 1.807) is 12.0 Å². The van der Waals surface area contributed by atoms with Gasteiger partial charge in [-0.15, -0.1) is 0 Å². The van der Waals surface area contributed by atoms with Gasteiger partial charge in [-0.25, -0.2) is 0 Å². The lowest BCUT2D eigenvalue weighted by molar-refractivity contribution is -0.129. The first kappa shape index (κ1) is 24.1. The Morgan fingerprint density at radius 1 is 1.08 bits per heavy atom. The number of hydrogen-bond donors (Lipinski definition) is 0. The first-order chi connectivity index (χ1) is 17.6. The van der Waals surface area contributed by atoms with E-state index in [0.29, 0.717) is 41.2 Å². The molecule has 2 heterocycles. The molecule has 6 nitrogen and oxygen atoms in total. The molecule has 5 rings (SSSR count). The fourth-order valence-corrected chi connectivity index (χ4v) is 5.79. The molecule has 0 bridgehead atoms. The minimum absolute atomic E-state index is 0.0170. The number of thioether (sulfide) groups is 1. The van der Waals surface area contributed by atoms with Gasteiger partial charge in [0.1, 0.15) is 6.61 Å². The number of ether oxygens (including phenoxy) is 2. The second-order valence-electron chi connectivity index (χ2n) is 8.53. The summed E-state index contributed by atoms with van der Waals surface area (Å²) in [5.41, 5.74) is 3.46. The van der Waals surface area contributed by atoms with Crippen molar-refractivity contribution in [2.45, 2.75) is 18.9 Å². The molecule has 1 fully saturated rings. The number of amides is 1. The van der Waals surface area contributed by atoms with E-state index in [1.807, 2.05) is 72.8 Å². The van der Waals surface area contributed by atoms with Crippen LogP contribution >= 0.6 is 23.4 Å². The average Bonchev–Trinajstić information content (AvgIpc) is 2.92. The summed E-state index contributed by atoms with van der Waals surface area (Å²) in [4.78, 5) is 17.0. The third-order valence-corrected chi connectivity index (χ3v) is 7.68. The van der Waals surface area contributed by atoms with Gasteiger partial charge >= 0.3 is 0 Å². The number of anilines is 1. The average molecular weight is 518 g/mol. The largest absolute Gasteiger partial charge is 0.493 e. The van der Waals surface area contributed by atoms with E-state index in [4.69, 9.17) is 21.1 Å². The number of halogens is 1. The van der Waals surface area contributed by atoms with Crippen LogP contribution in [0.1, 0.15) is 23.5 Å². The number of methoxy groups -OCH3 is 1. The number of nitriles is 1. The molecule has 0 aliphatic carbocycles. The van der Waals surface area contributed by atoms with Gasteiger partial charge in [-0.3, -0.25) is 9.69 Å². The number of allylic oxidation sites excluding steroid dienone is 1. The van der Waals surface area contributed by atoms with E-state index in [9.17, 15) is 10.1 Å². The maximum Gasteiger partial charge on any atom is 0.229 e. The summed E-state index contributed by atoms with van der Waals surface area (Å²) >= 11 is 7.66. The van der Waals surface area contributed by atoms with Crippen LogP contribution in [0.3, 0.4) is 0 Å². The van der Waals surface area contributed by atoms with Gasteiger partial charge in [-0.1, -0.05) is 65.8 Å². The number of carbonyl (C=O) groups is 1. The van der Waals surface area contributed by atoms with E-state index in [1.165, 1.54) is 11.8 Å². The lowest BCUT2D eigenvalue weighted by atomic mass is 9.86. The molecule has 3 aromatic rings. The van der Waals surface area contributed by atoms with Crippen molar-refractivity contribution in [3.8, 4) is 17.6 Å². The van der Waals surface area contributed by atoms with Gasteiger partial charge in [0.05, 0.1) is 36.3 Å². The Morgan fingerprint density at radius 3 is 2.67 bits per heavy atom. The molecule has 36 heavy (non-hydrogen) atoms. The van der Waals surface area contributed by atoms with Crippen LogP contribution in [-0.2, 0) is 11.4 Å². The van der Waals surface area contributed by atoms with Gasteiger partial charge in [0.25, 0.3) is 0 Å². The van der Waals surface area contributed by atoms with Gasteiger partial charge in [0.15, 0.2) is 11.5 Å². The van der Waals surface area contributed by atoms with Crippen LogP contribution in [0.15, 0.2) is 83.4 Å². The number of nitrogens with zero attached hydrogens (tertiary/aromatic N) is 3. The second-order valence-corrected chi connectivity index (χ2v) is 9.90. The Labute approximate surface area is 219 Å². The van der Waals surface area contributed by atoms with Gasteiger partial charge < -0.3 is 14.4 Å². The number of fused-ring (bicyclic) bond motifs is 1. The molecule has 0 saturated carbocycles. The molecule has 0 N–H and O–H groups in total. The molecular weight excluding hydrogens is 494 g/mol. The lowest BCUT2D eigenvalue weighted by Gasteiger charge is -2.42. The molecule has 0 unspecified atom stereocenters. The van der Waals surface area contributed by atoms with Gasteiger partial charge in [-0.2, -0.15) is 5.26 Å². The maximum atomic E-state index is 13.3. The quantitative estimate of drug-likeness (QED) is 0.391. The summed E-state index contributed by atoms with van der Waals surface area (Å²) in [5.74, 6) is 1.45. The highest BCUT2D eigenvalue weighted by Crippen LogP contribution is 2.44. The van der Waals surface area contributed by atoms with Crippen molar-refractivity contribution in [1.29, 1.82) is 5.26 Å². The van der Waals surface area contributed by atoms with Crippen molar-refractivity contribution in [3.63, 3.8) is 0 Å². The van der Waals surface area contributed by atoms with Crippen LogP contribution in [0, 0.1) is 11.3 Å². The fourth-order valence-electron chi connectivity index (χ4n) is 4.44. The highest BCUT2D eigenvalue weighted by atomic mass is 35.5. The maximum absolute atomic E-state index is 13.3. The van der Waals surface area contributed by atoms with E-state index in [2.05, 4.69) is 11.0 Å². The monoisotopic (exact) mass is 517 g/mol. The third-order valence-electron chi connectivity index (χ3n) is 6.29. The first-order valence-electron chi connectivity index (χ1n) is 11.5. The van der Waals surface area contributed by atoms with Crippen molar-refractivity contribution in [1.82, 2.24) is 4.90 Å². The van der Waals surface area contributed by atoms with Crippen LogP contribution in [0.2, 0.25) is 5.02 Å². The minimum atomic E-state index is -0.337. The Balaban J connectivity index is 1.39. The molecule has 2 aliphatic heterocycles. The molecular formula is C28H24ClN3O3S. The zero-order valence-electron chi connectivity index (χ0n) is 19.7. The van der Waals surface area contributed by atoms with Crippen molar-refractivity contribution in [2.75, 3.05) is 24.6 Å². The predicted molar refractivity (Wildman–Crippen MR) is 142 cm³/mol. The molecule has 0 radical (unpaired) electrons. The summed E-state index contributed by atoms with van der Waals surface area (Å²) in [7, 11) is 1.59. The van der Waals surface area contributed by atoms with Gasteiger partial charge in [0, 0.05) is 23.0 Å². The Kier molecular flexibility index (Phi) is 7.08. The zero-order valence-corrected chi connectivity index (χ0v) is 21.3. The summed E-state index contributed by atoms with van der Waals surface area (Å²) in [5, 5.41) is 11.5. The Morgan fingerprint density at radius 2 is 1.92 bits per heavy atom. The molecule has 0 aromatic heterocycles. The SMILES string of the molecule is COc1cc([C@@H]2CC(=O)N3CN(c4cccc(Cl)c4)CSC3=C2C#N)ccc1OCc1ccccc1. The van der Waals surface area contributed by atoms with Gasteiger partial charge in [-0.05, 0) is 41.5 Å². The fraction of sp³-hybridized carbons (Fsp3) is 0.214. The summed E-state index contributed by atoms with van der Waals surface area (Å²) in [6.45, 7) is 0.801.